The number of allylic oxidation sites excluding steroid dienone is 2. The lowest BCUT2D eigenvalue weighted by molar-refractivity contribution is 0.282. The van der Waals surface area contributed by atoms with E-state index < -0.39 is 0 Å². The van der Waals surface area contributed by atoms with Crippen LogP contribution in [0.1, 0.15) is 103 Å². The largest absolute Gasteiger partial charge is 0.479 e. The highest BCUT2D eigenvalue weighted by Crippen LogP contribution is 2.12. The summed E-state index contributed by atoms with van der Waals surface area (Å²) in [6, 6.07) is 0. The molecule has 3 nitrogen and oxygen atoms in total. The molecule has 0 spiro atoms. The number of aliphatic imine (C=N–C) groups is 1. The van der Waals surface area contributed by atoms with Crippen LogP contribution in [0.4, 0.5) is 0 Å². The van der Waals surface area contributed by atoms with Crippen molar-refractivity contribution in [2.24, 2.45) is 4.99 Å². The summed E-state index contributed by atoms with van der Waals surface area (Å²) in [5, 5.41) is 8.71. The van der Waals surface area contributed by atoms with Gasteiger partial charge in [0.15, 0.2) is 5.90 Å². The standard InChI is InChI=1S/C22H41NO2/c24-20-17-15-13-11-9-7-5-3-1-2-4-6-8-10-12-14-16-18-22-23-19-21-25-22/h1-2,24H,3-21H2. The van der Waals surface area contributed by atoms with Gasteiger partial charge in [-0.25, -0.2) is 0 Å². The highest BCUT2D eigenvalue weighted by molar-refractivity contribution is 5.77. The van der Waals surface area contributed by atoms with Crippen molar-refractivity contribution in [1.29, 1.82) is 0 Å². The molecule has 0 aliphatic carbocycles. The fraction of sp³-hybridized carbons (Fsp3) is 0.864. The first kappa shape index (κ1) is 22.2. The normalized spacial score (nSPS) is 14.2. The van der Waals surface area contributed by atoms with Gasteiger partial charge in [-0.15, -0.1) is 0 Å². The molecule has 0 aromatic rings. The molecule has 0 saturated carbocycles. The first-order valence-corrected chi connectivity index (χ1v) is 10.9. The van der Waals surface area contributed by atoms with Crippen LogP contribution in [0.25, 0.3) is 0 Å². The molecular formula is C22H41NO2. The van der Waals surface area contributed by atoms with E-state index in [1.54, 1.807) is 0 Å². The minimum atomic E-state index is 0.358. The van der Waals surface area contributed by atoms with Crippen LogP contribution in [0.5, 0.6) is 0 Å². The van der Waals surface area contributed by atoms with Crippen molar-refractivity contribution in [2.45, 2.75) is 103 Å². The number of hydrogen-bond donors (Lipinski definition) is 1. The second-order valence-electron chi connectivity index (χ2n) is 7.24. The first-order chi connectivity index (χ1) is 12.4. The highest BCUT2D eigenvalue weighted by atomic mass is 16.5. The van der Waals surface area contributed by atoms with Gasteiger partial charge in [0.1, 0.15) is 6.61 Å². The Morgan fingerprint density at radius 3 is 1.76 bits per heavy atom. The molecule has 0 aromatic carbocycles. The Bertz CT molecular complexity index is 339. The Hall–Kier alpha value is -0.830. The SMILES string of the molecule is OCCCCCCCCCC=CCCCCCCCCC1=NCCO1. The Kier molecular flexibility index (Phi) is 16.0. The smallest absolute Gasteiger partial charge is 0.183 e. The zero-order valence-corrected chi connectivity index (χ0v) is 16.4. The van der Waals surface area contributed by atoms with Gasteiger partial charge in [0, 0.05) is 13.0 Å². The van der Waals surface area contributed by atoms with Crippen LogP contribution in [0.2, 0.25) is 0 Å². The van der Waals surface area contributed by atoms with Gasteiger partial charge in [-0.1, -0.05) is 69.9 Å². The summed E-state index contributed by atoms with van der Waals surface area (Å²) in [5.41, 5.74) is 0. The average Bonchev–Trinajstić information content (AvgIpc) is 3.14. The lowest BCUT2D eigenvalue weighted by atomic mass is 10.1. The Labute approximate surface area is 156 Å². The van der Waals surface area contributed by atoms with Crippen LogP contribution in [-0.2, 0) is 4.74 Å². The lowest BCUT2D eigenvalue weighted by Crippen LogP contribution is -1.98. The van der Waals surface area contributed by atoms with Gasteiger partial charge in [0.2, 0.25) is 0 Å². The molecule has 0 saturated heterocycles. The summed E-state index contributed by atoms with van der Waals surface area (Å²) in [4.78, 5) is 4.33. The molecule has 3 heteroatoms. The molecule has 146 valence electrons. The molecule has 0 fully saturated rings. The highest BCUT2D eigenvalue weighted by Gasteiger charge is 2.05. The van der Waals surface area contributed by atoms with E-state index in [1.165, 1.54) is 89.9 Å². The van der Waals surface area contributed by atoms with Crippen molar-refractivity contribution in [3.05, 3.63) is 12.2 Å². The second kappa shape index (κ2) is 18.0. The fourth-order valence-electron chi connectivity index (χ4n) is 3.27. The predicted molar refractivity (Wildman–Crippen MR) is 108 cm³/mol. The van der Waals surface area contributed by atoms with Gasteiger partial charge in [-0.05, 0) is 38.5 Å². The summed E-state index contributed by atoms with van der Waals surface area (Å²) in [6.45, 7) is 2.03. The fourth-order valence-corrected chi connectivity index (χ4v) is 3.27. The van der Waals surface area contributed by atoms with Crippen LogP contribution in [0.15, 0.2) is 17.1 Å². The molecular weight excluding hydrogens is 310 g/mol. The summed E-state index contributed by atoms with van der Waals surface area (Å²) < 4.78 is 5.42. The number of unbranched alkanes of at least 4 members (excludes halogenated alkanes) is 13. The number of hydrogen-bond acceptors (Lipinski definition) is 3. The Morgan fingerprint density at radius 1 is 0.720 bits per heavy atom. The predicted octanol–water partition coefficient (Wildman–Crippen LogP) is 6.21. The van der Waals surface area contributed by atoms with E-state index in [0.717, 1.165) is 31.9 Å². The number of aliphatic hydroxyl groups is 1. The summed E-state index contributed by atoms with van der Waals surface area (Å²) in [5.74, 6) is 0.992. The molecule has 1 rings (SSSR count). The molecule has 0 bridgehead atoms. The third kappa shape index (κ3) is 15.2. The number of aliphatic hydroxyl groups excluding tert-OH is 1. The zero-order chi connectivity index (χ0) is 17.8. The number of nitrogens with zero attached hydrogens (tertiary/aromatic N) is 1. The molecule has 1 aliphatic rings. The minimum Gasteiger partial charge on any atom is -0.479 e. The lowest BCUT2D eigenvalue weighted by Gasteiger charge is -2.02. The molecule has 0 aromatic heterocycles. The molecule has 0 unspecified atom stereocenters. The topological polar surface area (TPSA) is 41.8 Å². The quantitative estimate of drug-likeness (QED) is 0.236. The number of ether oxygens (including phenoxy) is 1. The van der Waals surface area contributed by atoms with Gasteiger partial charge in [-0.3, -0.25) is 4.99 Å². The third-order valence-corrected chi connectivity index (χ3v) is 4.86. The van der Waals surface area contributed by atoms with E-state index in [1.807, 2.05) is 0 Å². The van der Waals surface area contributed by atoms with Gasteiger partial charge in [0.05, 0.1) is 6.54 Å². The Morgan fingerprint density at radius 2 is 1.24 bits per heavy atom. The van der Waals surface area contributed by atoms with Gasteiger partial charge < -0.3 is 9.84 Å². The second-order valence-corrected chi connectivity index (χ2v) is 7.24. The van der Waals surface area contributed by atoms with Crippen LogP contribution >= 0.6 is 0 Å². The molecule has 0 atom stereocenters. The third-order valence-electron chi connectivity index (χ3n) is 4.86. The molecule has 1 N–H and O–H groups in total. The molecule has 1 aliphatic heterocycles. The molecule has 1 heterocycles. The summed E-state index contributed by atoms with van der Waals surface area (Å²) in [7, 11) is 0. The maximum Gasteiger partial charge on any atom is 0.183 e. The summed E-state index contributed by atoms with van der Waals surface area (Å²) >= 11 is 0. The van der Waals surface area contributed by atoms with Crippen molar-refractivity contribution < 1.29 is 9.84 Å². The van der Waals surface area contributed by atoms with Crippen molar-refractivity contribution >= 4 is 5.90 Å². The summed E-state index contributed by atoms with van der Waals surface area (Å²) in [6.07, 6.45) is 25.2. The number of rotatable bonds is 18. The van der Waals surface area contributed by atoms with Crippen molar-refractivity contribution in [2.75, 3.05) is 19.8 Å². The maximum atomic E-state index is 8.71. The average molecular weight is 352 g/mol. The van der Waals surface area contributed by atoms with E-state index in [9.17, 15) is 0 Å². The molecule has 0 radical (unpaired) electrons. The molecule has 0 amide bonds. The van der Waals surface area contributed by atoms with E-state index in [-0.39, 0.29) is 0 Å². The van der Waals surface area contributed by atoms with Crippen LogP contribution < -0.4 is 0 Å². The van der Waals surface area contributed by atoms with Crippen molar-refractivity contribution in [1.82, 2.24) is 0 Å². The van der Waals surface area contributed by atoms with E-state index in [2.05, 4.69) is 17.1 Å². The van der Waals surface area contributed by atoms with Gasteiger partial charge in [-0.2, -0.15) is 0 Å². The Balaban J connectivity index is 1.70. The maximum absolute atomic E-state index is 8.71. The first-order valence-electron chi connectivity index (χ1n) is 10.9. The van der Waals surface area contributed by atoms with Crippen LogP contribution in [0, 0.1) is 0 Å². The van der Waals surface area contributed by atoms with Crippen LogP contribution in [0.3, 0.4) is 0 Å². The molecule has 25 heavy (non-hydrogen) atoms. The van der Waals surface area contributed by atoms with Gasteiger partial charge >= 0.3 is 0 Å². The van der Waals surface area contributed by atoms with Gasteiger partial charge in [0.25, 0.3) is 0 Å². The minimum absolute atomic E-state index is 0.358. The van der Waals surface area contributed by atoms with E-state index in [0.29, 0.717) is 6.61 Å². The van der Waals surface area contributed by atoms with E-state index in [4.69, 9.17) is 9.84 Å². The van der Waals surface area contributed by atoms with Crippen molar-refractivity contribution in [3.8, 4) is 0 Å². The monoisotopic (exact) mass is 351 g/mol. The van der Waals surface area contributed by atoms with E-state index >= 15 is 0 Å². The van der Waals surface area contributed by atoms with Crippen LogP contribution in [-0.4, -0.2) is 30.8 Å². The van der Waals surface area contributed by atoms with Crippen molar-refractivity contribution in [3.63, 3.8) is 0 Å². The zero-order valence-electron chi connectivity index (χ0n) is 16.4.